The van der Waals surface area contributed by atoms with Gasteiger partial charge in [0.2, 0.25) is 5.91 Å². The molecular formula is C21H32N4O2. The van der Waals surface area contributed by atoms with E-state index in [-0.39, 0.29) is 11.8 Å². The molecule has 6 heteroatoms. The van der Waals surface area contributed by atoms with Crippen LogP contribution in [0.15, 0.2) is 24.3 Å². The third kappa shape index (κ3) is 6.04. The maximum atomic E-state index is 12.5. The molecule has 27 heavy (non-hydrogen) atoms. The van der Waals surface area contributed by atoms with Gasteiger partial charge in [0, 0.05) is 38.3 Å². The van der Waals surface area contributed by atoms with Gasteiger partial charge in [-0.2, -0.15) is 0 Å². The molecule has 1 aromatic carbocycles. The molecule has 0 unspecified atom stereocenters. The van der Waals surface area contributed by atoms with Crippen molar-refractivity contribution < 1.29 is 9.59 Å². The number of benzene rings is 1. The Labute approximate surface area is 162 Å². The summed E-state index contributed by atoms with van der Waals surface area (Å²) in [5, 5.41) is 3.00. The molecule has 0 aliphatic carbocycles. The molecule has 6 nitrogen and oxygen atoms in total. The fourth-order valence-electron chi connectivity index (χ4n) is 3.76. The van der Waals surface area contributed by atoms with Crippen LogP contribution in [0.2, 0.25) is 0 Å². The predicted molar refractivity (Wildman–Crippen MR) is 107 cm³/mol. The highest BCUT2D eigenvalue weighted by molar-refractivity contribution is 5.94. The van der Waals surface area contributed by atoms with E-state index in [1.54, 1.807) is 0 Å². The lowest BCUT2D eigenvalue weighted by Crippen LogP contribution is -2.38. The van der Waals surface area contributed by atoms with Crippen molar-refractivity contribution in [2.24, 2.45) is 0 Å². The molecule has 2 fully saturated rings. The molecule has 2 aliphatic heterocycles. The van der Waals surface area contributed by atoms with Crippen molar-refractivity contribution in [1.29, 1.82) is 0 Å². The maximum Gasteiger partial charge on any atom is 0.253 e. The predicted octanol–water partition coefficient (Wildman–Crippen LogP) is 1.57. The first-order chi connectivity index (χ1) is 13.1. The van der Waals surface area contributed by atoms with E-state index < -0.39 is 0 Å². The second kappa shape index (κ2) is 9.85. The first kappa shape index (κ1) is 19.8. The zero-order valence-electron chi connectivity index (χ0n) is 16.5. The Morgan fingerprint density at radius 2 is 1.63 bits per heavy atom. The number of nitrogens with zero attached hydrogens (tertiary/aromatic N) is 3. The quantitative estimate of drug-likeness (QED) is 0.852. The molecule has 1 aromatic rings. The van der Waals surface area contributed by atoms with Gasteiger partial charge in [0.1, 0.15) is 0 Å². The number of piperidine rings is 1. The van der Waals surface area contributed by atoms with E-state index in [0.717, 1.165) is 69.7 Å². The van der Waals surface area contributed by atoms with E-state index in [9.17, 15) is 9.59 Å². The highest BCUT2D eigenvalue weighted by Gasteiger charge is 2.18. The van der Waals surface area contributed by atoms with Crippen molar-refractivity contribution in [2.45, 2.75) is 32.2 Å². The van der Waals surface area contributed by atoms with Crippen LogP contribution in [0, 0.1) is 0 Å². The molecule has 0 radical (unpaired) electrons. The van der Waals surface area contributed by atoms with Crippen LogP contribution < -0.4 is 5.32 Å². The van der Waals surface area contributed by atoms with Crippen LogP contribution in [0.3, 0.4) is 0 Å². The van der Waals surface area contributed by atoms with Crippen LogP contribution in [-0.4, -0.2) is 79.4 Å². The molecule has 2 aliphatic rings. The number of nitrogens with one attached hydrogen (secondary N) is 1. The fraction of sp³-hybridized carbons (Fsp3) is 0.619. The van der Waals surface area contributed by atoms with Gasteiger partial charge in [-0.3, -0.25) is 14.5 Å². The molecule has 2 amide bonds. The summed E-state index contributed by atoms with van der Waals surface area (Å²) in [7, 11) is 2.13. The lowest BCUT2D eigenvalue weighted by molar-refractivity contribution is -0.122. The summed E-state index contributed by atoms with van der Waals surface area (Å²) >= 11 is 0. The van der Waals surface area contributed by atoms with Crippen molar-refractivity contribution in [1.82, 2.24) is 20.0 Å². The summed E-state index contributed by atoms with van der Waals surface area (Å²) in [6.45, 7) is 6.72. The smallest absolute Gasteiger partial charge is 0.253 e. The van der Waals surface area contributed by atoms with Crippen LogP contribution in [0.5, 0.6) is 0 Å². The minimum atomic E-state index is 0.0630. The highest BCUT2D eigenvalue weighted by Crippen LogP contribution is 2.14. The van der Waals surface area contributed by atoms with E-state index in [4.69, 9.17) is 0 Å². The van der Waals surface area contributed by atoms with Gasteiger partial charge in [-0.15, -0.1) is 0 Å². The fourth-order valence-corrected chi connectivity index (χ4v) is 3.76. The number of hydrogen-bond donors (Lipinski definition) is 1. The monoisotopic (exact) mass is 372 g/mol. The number of amides is 2. The van der Waals surface area contributed by atoms with Gasteiger partial charge in [-0.25, -0.2) is 0 Å². The summed E-state index contributed by atoms with van der Waals surface area (Å²) in [5.41, 5.74) is 1.76. The average Bonchev–Trinajstić information content (AvgIpc) is 2.91. The normalized spacial score (nSPS) is 19.5. The van der Waals surface area contributed by atoms with Crippen LogP contribution in [-0.2, 0) is 11.3 Å². The standard InChI is InChI=1S/C21H32N4O2/c1-23-10-5-11-24(15-14-23)17-20(26)22-16-18-6-8-19(9-7-18)21(27)25-12-3-2-4-13-25/h6-9H,2-5,10-17H2,1H3,(H,22,26). The molecule has 2 heterocycles. The second-order valence-electron chi connectivity index (χ2n) is 7.76. The summed E-state index contributed by atoms with van der Waals surface area (Å²) in [6.07, 6.45) is 4.53. The van der Waals surface area contributed by atoms with Crippen molar-refractivity contribution in [3.8, 4) is 0 Å². The third-order valence-electron chi connectivity index (χ3n) is 5.51. The zero-order valence-corrected chi connectivity index (χ0v) is 16.5. The van der Waals surface area contributed by atoms with Gasteiger partial charge in [-0.05, 0) is 63.5 Å². The number of rotatable bonds is 5. The van der Waals surface area contributed by atoms with Crippen LogP contribution in [0.4, 0.5) is 0 Å². The van der Waals surface area contributed by atoms with Crippen molar-refractivity contribution in [3.63, 3.8) is 0 Å². The molecule has 0 saturated carbocycles. The summed E-state index contributed by atoms with van der Waals surface area (Å²) in [6, 6.07) is 7.64. The van der Waals surface area contributed by atoms with Crippen LogP contribution >= 0.6 is 0 Å². The molecule has 0 atom stereocenters. The number of carbonyl (C=O) groups is 2. The van der Waals surface area contributed by atoms with Gasteiger partial charge in [-0.1, -0.05) is 12.1 Å². The van der Waals surface area contributed by atoms with Gasteiger partial charge >= 0.3 is 0 Å². The molecule has 2 saturated heterocycles. The summed E-state index contributed by atoms with van der Waals surface area (Å²) in [5.74, 6) is 0.185. The Morgan fingerprint density at radius 3 is 2.37 bits per heavy atom. The Morgan fingerprint density at radius 1 is 0.889 bits per heavy atom. The summed E-state index contributed by atoms with van der Waals surface area (Å²) < 4.78 is 0. The highest BCUT2D eigenvalue weighted by atomic mass is 16.2. The van der Waals surface area contributed by atoms with E-state index in [0.29, 0.717) is 13.1 Å². The van der Waals surface area contributed by atoms with Gasteiger partial charge < -0.3 is 15.1 Å². The average molecular weight is 373 g/mol. The number of hydrogen-bond acceptors (Lipinski definition) is 4. The Balaban J connectivity index is 1.44. The number of likely N-dealkylation sites (tertiary alicyclic amines) is 1. The van der Waals surface area contributed by atoms with E-state index in [2.05, 4.69) is 22.2 Å². The maximum absolute atomic E-state index is 12.5. The summed E-state index contributed by atoms with van der Waals surface area (Å²) in [4.78, 5) is 31.2. The van der Waals surface area contributed by atoms with Crippen molar-refractivity contribution >= 4 is 11.8 Å². The lowest BCUT2D eigenvalue weighted by atomic mass is 10.1. The van der Waals surface area contributed by atoms with Gasteiger partial charge in [0.05, 0.1) is 6.54 Å². The largest absolute Gasteiger partial charge is 0.351 e. The molecule has 1 N–H and O–H groups in total. The molecule has 148 valence electrons. The minimum absolute atomic E-state index is 0.0630. The molecule has 0 aromatic heterocycles. The Kier molecular flexibility index (Phi) is 7.24. The van der Waals surface area contributed by atoms with Crippen LogP contribution in [0.25, 0.3) is 0 Å². The van der Waals surface area contributed by atoms with E-state index >= 15 is 0 Å². The van der Waals surface area contributed by atoms with E-state index in [1.807, 2.05) is 29.2 Å². The van der Waals surface area contributed by atoms with Crippen molar-refractivity contribution in [3.05, 3.63) is 35.4 Å². The molecule has 0 bridgehead atoms. The third-order valence-corrected chi connectivity index (χ3v) is 5.51. The number of likely N-dealkylation sites (N-methyl/N-ethyl adjacent to an activating group) is 1. The Bertz CT molecular complexity index is 626. The van der Waals surface area contributed by atoms with Gasteiger partial charge in [0.15, 0.2) is 0 Å². The second-order valence-corrected chi connectivity index (χ2v) is 7.76. The first-order valence-electron chi connectivity index (χ1n) is 10.2. The van der Waals surface area contributed by atoms with E-state index in [1.165, 1.54) is 6.42 Å². The molecule has 0 spiro atoms. The molecular weight excluding hydrogens is 340 g/mol. The minimum Gasteiger partial charge on any atom is -0.351 e. The van der Waals surface area contributed by atoms with Crippen LogP contribution in [0.1, 0.15) is 41.6 Å². The number of carbonyl (C=O) groups excluding carboxylic acids is 2. The lowest BCUT2D eigenvalue weighted by Gasteiger charge is -2.26. The Hall–Kier alpha value is -1.92. The van der Waals surface area contributed by atoms with Gasteiger partial charge in [0.25, 0.3) is 5.91 Å². The SMILES string of the molecule is CN1CCCN(CC(=O)NCc2ccc(C(=O)N3CCCCC3)cc2)CC1. The first-order valence-corrected chi connectivity index (χ1v) is 10.2. The topological polar surface area (TPSA) is 55.9 Å². The zero-order chi connectivity index (χ0) is 19.1. The van der Waals surface area contributed by atoms with Crippen molar-refractivity contribution in [2.75, 3.05) is 52.9 Å². The molecule has 3 rings (SSSR count).